The molecule has 2 aliphatic rings. The number of likely N-dealkylation sites (tertiary alicyclic amines) is 1. The Balaban J connectivity index is 0.960. The Bertz CT molecular complexity index is 2530. The van der Waals surface area contributed by atoms with Crippen molar-refractivity contribution >= 4 is 61.4 Å². The fraction of sp³-hybridized carbons (Fsp3) is 0.367. The van der Waals surface area contributed by atoms with E-state index in [1.54, 1.807) is 23.9 Å². The number of sulfonamides is 1. The number of nitrogens with zero attached hydrogens (tertiary/aromatic N) is 4. The number of carbonyl (C=O) groups excluding carboxylic acids is 1. The van der Waals surface area contributed by atoms with Gasteiger partial charge in [0.05, 0.1) is 15.5 Å². The molecule has 0 saturated carbocycles. The van der Waals surface area contributed by atoms with Crippen LogP contribution < -0.4 is 14.9 Å². The van der Waals surface area contributed by atoms with Gasteiger partial charge in [0.1, 0.15) is 6.17 Å². The predicted molar refractivity (Wildman–Crippen MR) is 262 cm³/mol. The van der Waals surface area contributed by atoms with Crippen molar-refractivity contribution in [1.29, 1.82) is 0 Å². The minimum absolute atomic E-state index is 0.0969. The van der Waals surface area contributed by atoms with E-state index < -0.39 is 32.8 Å². The molecule has 2 heterocycles. The van der Waals surface area contributed by atoms with Gasteiger partial charge in [0.2, 0.25) is 0 Å². The zero-order valence-corrected chi connectivity index (χ0v) is 40.1. The van der Waals surface area contributed by atoms with Crippen LogP contribution in [-0.4, -0.2) is 120 Å². The van der Waals surface area contributed by atoms with E-state index in [-0.39, 0.29) is 33.1 Å². The number of rotatable bonds is 19. The highest BCUT2D eigenvalue weighted by Gasteiger charge is 2.32. The van der Waals surface area contributed by atoms with Crippen LogP contribution in [-0.2, 0) is 27.3 Å². The van der Waals surface area contributed by atoms with Crippen LogP contribution in [0.4, 0.5) is 15.8 Å². The molecular formula is C49H58ClFN6O5S3. The van der Waals surface area contributed by atoms with Crippen molar-refractivity contribution < 1.29 is 26.0 Å². The maximum Gasteiger partial charge on any atom is 0.264 e. The normalized spacial score (nSPS) is 17.9. The number of hydrogen-bond donors (Lipinski definition) is 3. The fourth-order valence-corrected chi connectivity index (χ4v) is 11.5. The van der Waals surface area contributed by atoms with Crippen molar-refractivity contribution in [2.24, 2.45) is 0 Å². The van der Waals surface area contributed by atoms with Gasteiger partial charge in [0, 0.05) is 84.8 Å². The number of hydrogen-bond acceptors (Lipinski definition) is 11. The second-order valence-corrected chi connectivity index (χ2v) is 20.7. The highest BCUT2D eigenvalue weighted by atomic mass is 35.5. The number of amides is 1. The van der Waals surface area contributed by atoms with E-state index in [9.17, 15) is 21.6 Å². The summed E-state index contributed by atoms with van der Waals surface area (Å²) in [6, 6.07) is 36.4. The van der Waals surface area contributed by atoms with E-state index >= 15 is 4.39 Å². The number of benzene rings is 5. The second kappa shape index (κ2) is 22.8. The highest BCUT2D eigenvalue weighted by Crippen LogP contribution is 2.29. The first-order valence-corrected chi connectivity index (χ1v) is 26.2. The Kier molecular flexibility index (Phi) is 17.0. The Morgan fingerprint density at radius 2 is 1.55 bits per heavy atom. The molecule has 2 fully saturated rings. The van der Waals surface area contributed by atoms with Gasteiger partial charge in [0.25, 0.3) is 15.9 Å². The molecule has 1 amide bonds. The van der Waals surface area contributed by atoms with Crippen LogP contribution >= 0.6 is 23.4 Å². The van der Waals surface area contributed by atoms with Gasteiger partial charge >= 0.3 is 0 Å². The molecule has 11 nitrogen and oxygen atoms in total. The van der Waals surface area contributed by atoms with Gasteiger partial charge in [-0.1, -0.05) is 80.0 Å². The molecule has 5 aromatic carbocycles. The molecule has 0 bridgehead atoms. The van der Waals surface area contributed by atoms with E-state index in [1.165, 1.54) is 23.3 Å². The van der Waals surface area contributed by atoms with Crippen molar-refractivity contribution in [3.8, 4) is 11.1 Å². The monoisotopic (exact) mass is 960 g/mol. The topological polar surface area (TPSA) is 122 Å². The predicted octanol–water partition coefficient (Wildman–Crippen LogP) is 8.14. The first-order valence-electron chi connectivity index (χ1n) is 22.2. The Morgan fingerprint density at radius 3 is 2.23 bits per heavy atom. The maximum atomic E-state index is 15.4. The number of halogens is 2. The summed E-state index contributed by atoms with van der Waals surface area (Å²) in [6.07, 6.45) is 0.373. The Hall–Kier alpha value is -4.48. The molecule has 0 aliphatic carbocycles. The van der Waals surface area contributed by atoms with Gasteiger partial charge < -0.3 is 15.1 Å². The lowest BCUT2D eigenvalue weighted by Gasteiger charge is -2.40. The van der Waals surface area contributed by atoms with E-state index in [1.807, 2.05) is 72.8 Å². The first-order chi connectivity index (χ1) is 31.4. The van der Waals surface area contributed by atoms with Gasteiger partial charge in [-0.15, -0.1) is 11.8 Å². The largest absolute Gasteiger partial charge is 0.380 e. The molecule has 0 spiro atoms. The van der Waals surface area contributed by atoms with Crippen molar-refractivity contribution in [2.45, 2.75) is 66.2 Å². The Morgan fingerprint density at radius 1 is 0.862 bits per heavy atom. The lowest BCUT2D eigenvalue weighted by Crippen LogP contribution is -2.52. The summed E-state index contributed by atoms with van der Waals surface area (Å²) in [7, 11) is -7.68. The minimum atomic E-state index is -4.45. The SMILES string of the molecule is CCN(CC)C1CCN(CC[C@H](CSc2ccccc2)Nc2ccc(S(=O)(=O)NC(=O)c3ccc(N4CCN(Cc5ccccc5-c5ccc(Cl)cc5)CC4)cc3)cc2[SH](=O)=O)CC1F. The molecule has 0 radical (unpaired) electrons. The standard InChI is InChI=1S/C49H58ClFN6O5S3/c1-3-56(4-2)47-25-27-54(34-45(47)51)26-24-40(35-63-42-11-6-5-7-12-42)52-46-23-22-43(32-48(46)64(59)60)65(61,62)53-49(58)37-16-20-41(21-17-37)57-30-28-55(29-31-57)33-38-10-8-9-13-44(38)36-14-18-39(50)19-15-36/h5-23,32,40,45,47,52,64H,3-4,24-31,33-35H2,1-2H3,(H,53,58)/t40-,45?,47?/m1/s1. The summed E-state index contributed by atoms with van der Waals surface area (Å²) in [5, 5.41) is 4.07. The van der Waals surface area contributed by atoms with E-state index in [0.717, 1.165) is 81.0 Å². The number of piperidine rings is 1. The summed E-state index contributed by atoms with van der Waals surface area (Å²) in [5.74, 6) is -0.245. The minimum Gasteiger partial charge on any atom is -0.380 e. The second-order valence-electron chi connectivity index (χ2n) is 16.5. The number of alkyl halides is 1. The molecule has 2 N–H and O–H groups in total. The Labute approximate surface area is 394 Å². The highest BCUT2D eigenvalue weighted by molar-refractivity contribution is 7.99. The van der Waals surface area contributed by atoms with Crippen molar-refractivity contribution in [1.82, 2.24) is 19.4 Å². The summed E-state index contributed by atoms with van der Waals surface area (Å²) in [4.78, 5) is 22.8. The lowest BCUT2D eigenvalue weighted by molar-refractivity contribution is 0.0383. The summed E-state index contributed by atoms with van der Waals surface area (Å²) in [6.45, 7) is 11.5. The van der Waals surface area contributed by atoms with Gasteiger partial charge in [-0.05, 0) is 116 Å². The van der Waals surface area contributed by atoms with Crippen LogP contribution in [0.5, 0.6) is 0 Å². The number of anilines is 2. The zero-order chi connectivity index (χ0) is 45.9. The first kappa shape index (κ1) is 48.5. The third-order valence-electron chi connectivity index (χ3n) is 12.4. The van der Waals surface area contributed by atoms with Gasteiger partial charge in [-0.2, -0.15) is 0 Å². The molecule has 3 atom stereocenters. The van der Waals surface area contributed by atoms with Crippen LogP contribution in [0.25, 0.3) is 11.1 Å². The number of carbonyl (C=O) groups is 1. The maximum absolute atomic E-state index is 15.4. The van der Waals surface area contributed by atoms with E-state index in [4.69, 9.17) is 11.6 Å². The number of thiol groups is 1. The smallest absolute Gasteiger partial charge is 0.264 e. The van der Waals surface area contributed by atoms with Crippen molar-refractivity contribution in [2.75, 3.05) is 74.9 Å². The van der Waals surface area contributed by atoms with E-state index in [0.29, 0.717) is 30.3 Å². The lowest BCUT2D eigenvalue weighted by atomic mass is 9.99. The summed E-state index contributed by atoms with van der Waals surface area (Å²) < 4.78 is 70.0. The summed E-state index contributed by atoms with van der Waals surface area (Å²) >= 11 is 7.75. The van der Waals surface area contributed by atoms with Crippen LogP contribution in [0.2, 0.25) is 5.02 Å². The fourth-order valence-electron chi connectivity index (χ4n) is 8.72. The van der Waals surface area contributed by atoms with Crippen LogP contribution in [0, 0.1) is 0 Å². The molecular weight excluding hydrogens is 903 g/mol. The molecule has 16 heteroatoms. The molecule has 2 unspecified atom stereocenters. The number of piperazine rings is 1. The zero-order valence-electron chi connectivity index (χ0n) is 36.8. The number of nitrogens with one attached hydrogen (secondary N) is 2. The summed E-state index contributed by atoms with van der Waals surface area (Å²) in [5.41, 5.74) is 4.87. The third-order valence-corrected chi connectivity index (χ3v) is 15.9. The van der Waals surface area contributed by atoms with Crippen molar-refractivity contribution in [3.63, 3.8) is 0 Å². The molecule has 65 heavy (non-hydrogen) atoms. The van der Waals surface area contributed by atoms with Gasteiger partial charge in [0.15, 0.2) is 10.7 Å². The number of thioether (sulfide) groups is 1. The molecule has 5 aromatic rings. The van der Waals surface area contributed by atoms with Crippen molar-refractivity contribution in [3.05, 3.63) is 137 Å². The molecule has 346 valence electrons. The molecule has 2 saturated heterocycles. The van der Waals surface area contributed by atoms with Crippen LogP contribution in [0.1, 0.15) is 42.6 Å². The quantitative estimate of drug-likeness (QED) is 0.0550. The average molecular weight is 962 g/mol. The van der Waals surface area contributed by atoms with Gasteiger partial charge in [-0.3, -0.25) is 14.6 Å². The average Bonchev–Trinajstić information content (AvgIpc) is 3.32. The molecule has 2 aliphatic heterocycles. The third kappa shape index (κ3) is 12.9. The van der Waals surface area contributed by atoms with Crippen LogP contribution in [0.15, 0.2) is 136 Å². The van der Waals surface area contributed by atoms with Gasteiger partial charge in [-0.25, -0.2) is 25.9 Å². The molecule has 7 rings (SSSR count). The molecule has 0 aromatic heterocycles. The van der Waals surface area contributed by atoms with E-state index in [2.05, 4.69) is 61.7 Å². The van der Waals surface area contributed by atoms with Crippen LogP contribution in [0.3, 0.4) is 0 Å².